The lowest BCUT2D eigenvalue weighted by atomic mass is 9.53. The van der Waals surface area contributed by atoms with Gasteiger partial charge >= 0.3 is 5.97 Å². The second-order valence-corrected chi connectivity index (χ2v) is 14.2. The van der Waals surface area contributed by atoms with Crippen LogP contribution >= 0.6 is 23.1 Å². The van der Waals surface area contributed by atoms with Gasteiger partial charge in [0.05, 0.1) is 17.2 Å². The largest absolute Gasteiger partial charge is 0.458 e. The highest BCUT2D eigenvalue weighted by Gasteiger charge is 2.54. The molecule has 8 heteroatoms. The first-order valence-electron chi connectivity index (χ1n) is 12.6. The number of aromatic nitrogens is 1. The van der Waals surface area contributed by atoms with Crippen LogP contribution in [0.2, 0.25) is 0 Å². The number of hydrogen-bond acceptors (Lipinski definition) is 7. The third-order valence-corrected chi connectivity index (χ3v) is 10.2. The fourth-order valence-electron chi connectivity index (χ4n) is 6.26. The highest BCUT2D eigenvalue weighted by Crippen LogP contribution is 2.57. The second-order valence-electron chi connectivity index (χ2n) is 11.8. The molecule has 0 aromatic carbocycles. The van der Waals surface area contributed by atoms with E-state index in [0.29, 0.717) is 0 Å². The summed E-state index contributed by atoms with van der Waals surface area (Å²) in [6.07, 6.45) is 2.24. The molecule has 34 heavy (non-hydrogen) atoms. The molecule has 0 radical (unpaired) electrons. The molecule has 1 saturated carbocycles. The van der Waals surface area contributed by atoms with Crippen LogP contribution in [0.4, 0.5) is 0 Å². The van der Waals surface area contributed by atoms with Crippen molar-refractivity contribution in [1.29, 1.82) is 0 Å². The number of rotatable bonds is 4. The molecule has 4 rings (SSSR count). The zero-order chi connectivity index (χ0) is 24.8. The van der Waals surface area contributed by atoms with Gasteiger partial charge in [0.2, 0.25) is 5.91 Å². The minimum Gasteiger partial charge on any atom is -0.458 e. The molecular formula is C26H40N2O4S2. The molecular weight excluding hydrogens is 468 g/mol. The molecule has 1 N–H and O–H groups in total. The Balaban J connectivity index is 1.50. The highest BCUT2D eigenvalue weighted by atomic mass is 32.2. The Kier molecular flexibility index (Phi) is 7.43. The van der Waals surface area contributed by atoms with Crippen molar-refractivity contribution < 1.29 is 19.4 Å². The summed E-state index contributed by atoms with van der Waals surface area (Å²) in [6, 6.07) is 0. The maximum Gasteiger partial charge on any atom is 0.311 e. The van der Waals surface area contributed by atoms with Gasteiger partial charge in [-0.3, -0.25) is 9.59 Å². The third kappa shape index (κ3) is 4.92. The molecule has 1 aromatic heterocycles. The molecule has 3 aliphatic rings. The molecule has 190 valence electrons. The molecule has 0 bridgehead atoms. The maximum absolute atomic E-state index is 13.2. The highest BCUT2D eigenvalue weighted by molar-refractivity contribution is 7.99. The first-order chi connectivity index (χ1) is 15.9. The molecule has 6 unspecified atom stereocenters. The van der Waals surface area contributed by atoms with Gasteiger partial charge in [0.25, 0.3) is 0 Å². The zero-order valence-electron chi connectivity index (χ0n) is 21.4. The van der Waals surface area contributed by atoms with Crippen LogP contribution in [-0.2, 0) is 27.4 Å². The Labute approximate surface area is 212 Å². The molecule has 1 aliphatic heterocycles. The summed E-state index contributed by atoms with van der Waals surface area (Å²) in [5.74, 6) is 1.97. The molecule has 6 nitrogen and oxygen atoms in total. The number of thioether (sulfide) groups is 1. The average Bonchev–Trinajstić information content (AvgIpc) is 3.19. The smallest absolute Gasteiger partial charge is 0.311 e. The van der Waals surface area contributed by atoms with E-state index in [2.05, 4.69) is 13.8 Å². The van der Waals surface area contributed by atoms with Crippen molar-refractivity contribution in [3.05, 3.63) is 15.6 Å². The molecule has 0 spiro atoms. The van der Waals surface area contributed by atoms with Crippen molar-refractivity contribution in [2.24, 2.45) is 28.6 Å². The van der Waals surface area contributed by atoms with E-state index in [1.165, 1.54) is 4.88 Å². The third-order valence-electron chi connectivity index (χ3n) is 8.26. The van der Waals surface area contributed by atoms with E-state index in [4.69, 9.17) is 9.72 Å². The average molecular weight is 509 g/mol. The lowest BCUT2D eigenvalue weighted by Gasteiger charge is -2.53. The number of carbonyl (C=O) groups is 2. The molecule has 2 heterocycles. The number of aliphatic hydroxyl groups is 1. The first-order valence-corrected chi connectivity index (χ1v) is 14.6. The van der Waals surface area contributed by atoms with Crippen molar-refractivity contribution in [2.45, 2.75) is 79.4 Å². The molecule has 2 fully saturated rings. The zero-order valence-corrected chi connectivity index (χ0v) is 23.1. The predicted octanol–water partition coefficient (Wildman–Crippen LogP) is 4.50. The van der Waals surface area contributed by atoms with E-state index in [1.807, 2.05) is 44.4 Å². The molecule has 1 amide bonds. The van der Waals surface area contributed by atoms with Crippen LogP contribution in [0.25, 0.3) is 0 Å². The lowest BCUT2D eigenvalue weighted by Crippen LogP contribution is -2.54. The fourth-order valence-corrected chi connectivity index (χ4v) is 8.44. The summed E-state index contributed by atoms with van der Waals surface area (Å²) < 4.78 is 5.52. The van der Waals surface area contributed by atoms with Crippen LogP contribution in [0.15, 0.2) is 0 Å². The number of amides is 1. The number of hydrogen-bond donors (Lipinski definition) is 1. The number of carbonyl (C=O) groups excluding carboxylic acids is 2. The Morgan fingerprint density at radius 2 is 1.97 bits per heavy atom. The molecule has 2 aliphatic carbocycles. The Bertz CT molecular complexity index is 920. The van der Waals surface area contributed by atoms with Gasteiger partial charge in [-0.1, -0.05) is 20.8 Å². The van der Waals surface area contributed by atoms with Gasteiger partial charge in [0, 0.05) is 41.3 Å². The van der Waals surface area contributed by atoms with Crippen molar-refractivity contribution in [3.63, 3.8) is 0 Å². The minimum absolute atomic E-state index is 0.0151. The lowest BCUT2D eigenvalue weighted by molar-refractivity contribution is -0.154. The van der Waals surface area contributed by atoms with E-state index >= 15 is 0 Å². The number of aliphatic hydroxyl groups excluding tert-OH is 1. The summed E-state index contributed by atoms with van der Waals surface area (Å²) in [6.45, 7) is 13.9. The topological polar surface area (TPSA) is 79.7 Å². The summed E-state index contributed by atoms with van der Waals surface area (Å²) in [7, 11) is 0. The van der Waals surface area contributed by atoms with Crippen molar-refractivity contribution in [1.82, 2.24) is 9.88 Å². The molecule has 1 aromatic rings. The van der Waals surface area contributed by atoms with E-state index in [1.54, 1.807) is 11.3 Å². The van der Waals surface area contributed by atoms with Gasteiger partial charge in [-0.05, 0) is 57.3 Å². The molecule has 1 saturated heterocycles. The Morgan fingerprint density at radius 3 is 2.62 bits per heavy atom. The number of thiazole rings is 1. The Hall–Kier alpha value is -1.12. The Morgan fingerprint density at radius 1 is 1.29 bits per heavy atom. The predicted molar refractivity (Wildman–Crippen MR) is 137 cm³/mol. The standard InChI is InChI=1S/C26H40N2O4S2/c1-15(23(30)28-9-11-33-12-10-28)17-7-8-26(6)13-18-21(16(2)20(26)22(17)29)27-19(34-18)14-32-24(31)25(3,4)5/h15-17,20,22,29H,7-14H2,1-6H3. The van der Waals surface area contributed by atoms with E-state index in [9.17, 15) is 14.7 Å². The van der Waals surface area contributed by atoms with Gasteiger partial charge in [-0.15, -0.1) is 11.3 Å². The van der Waals surface area contributed by atoms with Crippen LogP contribution in [0.1, 0.15) is 75.9 Å². The molecule has 6 atom stereocenters. The summed E-state index contributed by atoms with van der Waals surface area (Å²) in [5, 5.41) is 12.5. The van der Waals surface area contributed by atoms with E-state index in [0.717, 1.165) is 54.6 Å². The van der Waals surface area contributed by atoms with Crippen LogP contribution in [0.5, 0.6) is 0 Å². The number of nitrogens with zero attached hydrogens (tertiary/aromatic N) is 2. The van der Waals surface area contributed by atoms with Crippen LogP contribution in [0, 0.1) is 28.6 Å². The SMILES string of the molecule is CC(C(=O)N1CCSCC1)C1CCC2(C)Cc3sc(COC(=O)C(C)(C)C)nc3C(C)C2C1O. The summed E-state index contributed by atoms with van der Waals surface area (Å²) in [4.78, 5) is 33.5. The number of fused-ring (bicyclic) bond motifs is 2. The van der Waals surface area contributed by atoms with Crippen LogP contribution < -0.4 is 0 Å². The quantitative estimate of drug-likeness (QED) is 0.604. The van der Waals surface area contributed by atoms with Gasteiger partial charge in [0.1, 0.15) is 11.6 Å². The number of ether oxygens (including phenoxy) is 1. The number of esters is 1. The normalized spacial score (nSPS) is 32.5. The van der Waals surface area contributed by atoms with Gasteiger partial charge in [-0.2, -0.15) is 11.8 Å². The van der Waals surface area contributed by atoms with Crippen molar-refractivity contribution in [3.8, 4) is 0 Å². The summed E-state index contributed by atoms with van der Waals surface area (Å²) >= 11 is 3.55. The first kappa shape index (κ1) is 26.0. The maximum atomic E-state index is 13.2. The van der Waals surface area contributed by atoms with Gasteiger partial charge in [-0.25, -0.2) is 4.98 Å². The summed E-state index contributed by atoms with van der Waals surface area (Å²) in [5.41, 5.74) is 0.493. The van der Waals surface area contributed by atoms with E-state index < -0.39 is 11.5 Å². The van der Waals surface area contributed by atoms with Gasteiger partial charge < -0.3 is 14.7 Å². The monoisotopic (exact) mass is 508 g/mol. The van der Waals surface area contributed by atoms with Crippen LogP contribution in [-0.4, -0.2) is 57.6 Å². The van der Waals surface area contributed by atoms with Crippen molar-refractivity contribution >= 4 is 35.0 Å². The fraction of sp³-hybridized carbons (Fsp3) is 0.808. The van der Waals surface area contributed by atoms with Gasteiger partial charge in [0.15, 0.2) is 0 Å². The minimum atomic E-state index is -0.535. The van der Waals surface area contributed by atoms with E-state index in [-0.39, 0.29) is 47.6 Å². The van der Waals surface area contributed by atoms with Crippen LogP contribution in [0.3, 0.4) is 0 Å². The van der Waals surface area contributed by atoms with Crippen molar-refractivity contribution in [2.75, 3.05) is 24.6 Å². The second kappa shape index (κ2) is 9.74.